The number of nitrogens with two attached hydrogens (primary N) is 1. The normalized spacial score (nSPS) is 17.0. The highest BCUT2D eigenvalue weighted by Gasteiger charge is 2.27. The number of hydrogen-bond acceptors (Lipinski definition) is 4. The summed E-state index contributed by atoms with van der Waals surface area (Å²) in [5.41, 5.74) is 8.80. The molecule has 0 spiro atoms. The third-order valence-corrected chi connectivity index (χ3v) is 5.34. The van der Waals surface area contributed by atoms with Gasteiger partial charge in [-0.15, -0.1) is 0 Å². The van der Waals surface area contributed by atoms with Crippen molar-refractivity contribution in [1.82, 2.24) is 9.88 Å². The molecule has 1 unspecified atom stereocenters. The molecule has 1 atom stereocenters. The molecule has 0 saturated carbocycles. The lowest BCUT2D eigenvalue weighted by atomic mass is 10.1. The molecule has 1 aromatic heterocycles. The number of hydrogen-bond donors (Lipinski definition) is 2. The monoisotopic (exact) mass is 375 g/mol. The fourth-order valence-corrected chi connectivity index (χ4v) is 3.77. The van der Waals surface area contributed by atoms with Gasteiger partial charge in [0.2, 0.25) is 0 Å². The molecule has 0 aliphatic carbocycles. The summed E-state index contributed by atoms with van der Waals surface area (Å²) in [6, 6.07) is 16.3. The third-order valence-electron chi connectivity index (χ3n) is 5.34. The predicted molar refractivity (Wildman–Crippen MR) is 113 cm³/mol. The standard InChI is InChI=1S/C22H25N5O/c1-16-15-26(11-12-27(16)19-7-5-17(13-23)6-8-19)22(28)25-21-4-2-3-18-14-24-10-9-20(18)21/h2-10,14,16H,11-13,15,23H2,1H3,(H,25,28). The van der Waals surface area contributed by atoms with Crippen LogP contribution in [-0.4, -0.2) is 41.6 Å². The minimum absolute atomic E-state index is 0.0608. The minimum Gasteiger partial charge on any atom is -0.365 e. The van der Waals surface area contributed by atoms with Crippen molar-refractivity contribution in [2.45, 2.75) is 19.5 Å². The Morgan fingerprint density at radius 3 is 2.75 bits per heavy atom. The van der Waals surface area contributed by atoms with E-state index in [0.717, 1.165) is 28.6 Å². The quantitative estimate of drug-likeness (QED) is 0.735. The molecular weight excluding hydrogens is 350 g/mol. The smallest absolute Gasteiger partial charge is 0.321 e. The van der Waals surface area contributed by atoms with Gasteiger partial charge in [-0.05, 0) is 36.8 Å². The molecule has 4 rings (SSSR count). The van der Waals surface area contributed by atoms with E-state index >= 15 is 0 Å². The highest BCUT2D eigenvalue weighted by Crippen LogP contribution is 2.24. The van der Waals surface area contributed by atoms with Crippen molar-refractivity contribution in [3.05, 3.63) is 66.5 Å². The number of piperazine rings is 1. The van der Waals surface area contributed by atoms with Gasteiger partial charge in [-0.3, -0.25) is 4.98 Å². The lowest BCUT2D eigenvalue weighted by Crippen LogP contribution is -2.54. The lowest BCUT2D eigenvalue weighted by molar-refractivity contribution is 0.200. The molecular formula is C22H25N5O. The average Bonchev–Trinajstić information content (AvgIpc) is 2.74. The summed E-state index contributed by atoms with van der Waals surface area (Å²) in [5.74, 6) is 0. The van der Waals surface area contributed by atoms with E-state index in [1.165, 1.54) is 5.69 Å². The summed E-state index contributed by atoms with van der Waals surface area (Å²) in [4.78, 5) is 21.2. The van der Waals surface area contributed by atoms with Crippen LogP contribution in [0.2, 0.25) is 0 Å². The Balaban J connectivity index is 1.44. The number of pyridine rings is 1. The summed E-state index contributed by atoms with van der Waals surface area (Å²) >= 11 is 0. The largest absolute Gasteiger partial charge is 0.365 e. The third kappa shape index (κ3) is 3.64. The van der Waals surface area contributed by atoms with Gasteiger partial charge in [0.05, 0.1) is 5.69 Å². The summed E-state index contributed by atoms with van der Waals surface area (Å²) in [6.45, 7) is 4.86. The molecule has 2 heterocycles. The van der Waals surface area contributed by atoms with Crippen LogP contribution in [0.15, 0.2) is 60.9 Å². The fourth-order valence-electron chi connectivity index (χ4n) is 3.77. The van der Waals surface area contributed by atoms with Crippen molar-refractivity contribution >= 4 is 28.2 Å². The van der Waals surface area contributed by atoms with Crippen molar-refractivity contribution in [2.24, 2.45) is 5.73 Å². The van der Waals surface area contributed by atoms with E-state index in [2.05, 4.69) is 46.4 Å². The molecule has 2 amide bonds. The zero-order valence-electron chi connectivity index (χ0n) is 16.0. The molecule has 1 aliphatic rings. The second kappa shape index (κ2) is 7.86. The summed E-state index contributed by atoms with van der Waals surface area (Å²) in [6.07, 6.45) is 3.55. The minimum atomic E-state index is -0.0608. The molecule has 3 N–H and O–H groups in total. The number of rotatable bonds is 3. The zero-order valence-corrected chi connectivity index (χ0v) is 16.0. The predicted octanol–water partition coefficient (Wildman–Crippen LogP) is 3.44. The van der Waals surface area contributed by atoms with Gasteiger partial charge in [-0.1, -0.05) is 24.3 Å². The van der Waals surface area contributed by atoms with Gasteiger partial charge in [0.1, 0.15) is 0 Å². The van der Waals surface area contributed by atoms with Crippen molar-refractivity contribution in [3.8, 4) is 0 Å². The fraction of sp³-hybridized carbons (Fsp3) is 0.273. The summed E-state index contributed by atoms with van der Waals surface area (Å²) in [7, 11) is 0. The highest BCUT2D eigenvalue weighted by molar-refractivity contribution is 6.01. The van der Waals surface area contributed by atoms with Crippen LogP contribution < -0.4 is 16.0 Å². The van der Waals surface area contributed by atoms with E-state index in [1.54, 1.807) is 6.20 Å². The number of anilines is 2. The summed E-state index contributed by atoms with van der Waals surface area (Å²) in [5, 5.41) is 5.08. The number of fused-ring (bicyclic) bond motifs is 1. The number of nitrogens with one attached hydrogen (secondary N) is 1. The van der Waals surface area contributed by atoms with E-state index in [1.807, 2.05) is 35.4 Å². The maximum Gasteiger partial charge on any atom is 0.321 e. The van der Waals surface area contributed by atoms with E-state index in [4.69, 9.17) is 5.73 Å². The SMILES string of the molecule is CC1CN(C(=O)Nc2cccc3cnccc23)CCN1c1ccc(CN)cc1. The first-order valence-corrected chi connectivity index (χ1v) is 9.60. The van der Waals surface area contributed by atoms with Crippen LogP contribution in [0.4, 0.5) is 16.2 Å². The van der Waals surface area contributed by atoms with Gasteiger partial charge in [0, 0.05) is 61.1 Å². The Bertz CT molecular complexity index is 967. The van der Waals surface area contributed by atoms with Crippen molar-refractivity contribution in [2.75, 3.05) is 29.9 Å². The molecule has 2 aromatic carbocycles. The number of nitrogens with zero attached hydrogens (tertiary/aromatic N) is 3. The number of benzene rings is 2. The van der Waals surface area contributed by atoms with Gasteiger partial charge in [0.15, 0.2) is 0 Å². The van der Waals surface area contributed by atoms with Crippen LogP contribution in [0.25, 0.3) is 10.8 Å². The van der Waals surface area contributed by atoms with Crippen LogP contribution in [-0.2, 0) is 6.54 Å². The van der Waals surface area contributed by atoms with Crippen LogP contribution in [0.3, 0.4) is 0 Å². The first kappa shape index (κ1) is 18.3. The second-order valence-corrected chi connectivity index (χ2v) is 7.19. The van der Waals surface area contributed by atoms with E-state index < -0.39 is 0 Å². The number of carbonyl (C=O) groups is 1. The number of urea groups is 1. The van der Waals surface area contributed by atoms with Crippen LogP contribution in [0.5, 0.6) is 0 Å². The molecule has 6 heteroatoms. The lowest BCUT2D eigenvalue weighted by Gasteiger charge is -2.41. The van der Waals surface area contributed by atoms with Crippen molar-refractivity contribution in [3.63, 3.8) is 0 Å². The molecule has 6 nitrogen and oxygen atoms in total. The average molecular weight is 375 g/mol. The Labute approximate surface area is 165 Å². The van der Waals surface area contributed by atoms with E-state index in [9.17, 15) is 4.79 Å². The number of amides is 2. The van der Waals surface area contributed by atoms with E-state index in [-0.39, 0.29) is 12.1 Å². The topological polar surface area (TPSA) is 74.5 Å². The second-order valence-electron chi connectivity index (χ2n) is 7.19. The molecule has 1 saturated heterocycles. The van der Waals surface area contributed by atoms with Crippen LogP contribution in [0, 0.1) is 0 Å². The van der Waals surface area contributed by atoms with Gasteiger partial charge in [0.25, 0.3) is 0 Å². The zero-order chi connectivity index (χ0) is 19.5. The molecule has 1 fully saturated rings. The highest BCUT2D eigenvalue weighted by atomic mass is 16.2. The van der Waals surface area contributed by atoms with Crippen molar-refractivity contribution in [1.29, 1.82) is 0 Å². The van der Waals surface area contributed by atoms with E-state index in [0.29, 0.717) is 19.6 Å². The molecule has 1 aliphatic heterocycles. The Kier molecular flexibility index (Phi) is 5.12. The molecule has 0 bridgehead atoms. The van der Waals surface area contributed by atoms with Gasteiger partial charge in [-0.25, -0.2) is 4.79 Å². The Morgan fingerprint density at radius 1 is 1.18 bits per heavy atom. The molecule has 0 radical (unpaired) electrons. The molecule has 28 heavy (non-hydrogen) atoms. The maximum absolute atomic E-state index is 12.9. The first-order valence-electron chi connectivity index (χ1n) is 9.60. The number of carbonyl (C=O) groups excluding carboxylic acids is 1. The molecule has 3 aromatic rings. The van der Waals surface area contributed by atoms with Crippen LogP contribution in [0.1, 0.15) is 12.5 Å². The van der Waals surface area contributed by atoms with Gasteiger partial charge in [-0.2, -0.15) is 0 Å². The Morgan fingerprint density at radius 2 is 2.00 bits per heavy atom. The Hall–Kier alpha value is -3.12. The van der Waals surface area contributed by atoms with Crippen molar-refractivity contribution < 1.29 is 4.79 Å². The van der Waals surface area contributed by atoms with Gasteiger partial charge >= 0.3 is 6.03 Å². The first-order chi connectivity index (χ1) is 13.7. The van der Waals surface area contributed by atoms with Gasteiger partial charge < -0.3 is 20.9 Å². The number of aromatic nitrogens is 1. The molecule has 144 valence electrons. The maximum atomic E-state index is 12.9. The van der Waals surface area contributed by atoms with Crippen LogP contribution >= 0.6 is 0 Å². The summed E-state index contributed by atoms with van der Waals surface area (Å²) < 4.78 is 0.